The maximum Gasteiger partial charge on any atom is 5.00 e. The van der Waals surface area contributed by atoms with Gasteiger partial charge in [0, 0.05) is 0 Å². The Labute approximate surface area is 165 Å². The van der Waals surface area contributed by atoms with Gasteiger partial charge >= 0.3 is 18.6 Å². The number of hydrogen-bond acceptors (Lipinski definition) is 10. The molecule has 11 heteroatoms. The summed E-state index contributed by atoms with van der Waals surface area (Å²) in [5.74, 6) is 0. The van der Waals surface area contributed by atoms with Crippen molar-refractivity contribution in [3.8, 4) is 0 Å². The minimum atomic E-state index is -0.274. The number of carbonyl (C=O) groups is 5. The Bertz CT molecular complexity index is 195. The number of carbonyl (C=O) groups excluding carboxylic acids is 5. The number of rotatable bonds is 10. The Morgan fingerprint density at radius 2 is 0.500 bits per heavy atom. The maximum absolute atomic E-state index is 9.30. The number of hydrogen-bond donors (Lipinski definition) is 0. The van der Waals surface area contributed by atoms with Crippen molar-refractivity contribution in [3.63, 3.8) is 0 Å². The second kappa shape index (κ2) is 65.0. The Morgan fingerprint density at radius 1 is 0.385 bits per heavy atom. The van der Waals surface area contributed by atoms with Crippen LogP contribution in [-0.4, -0.2) is 64.5 Å². The summed E-state index contributed by atoms with van der Waals surface area (Å²) in [4.78, 5) is 46.0. The summed E-state index contributed by atoms with van der Waals surface area (Å²) in [6.07, 6.45) is 3.85. The molecular weight excluding hydrogens is 391 g/mol. The first-order chi connectivity index (χ1) is 12.1. The summed E-state index contributed by atoms with van der Waals surface area (Å²) >= 11 is 0. The summed E-state index contributed by atoms with van der Waals surface area (Å²) in [6.45, 7) is -1.37. The molecule has 0 heterocycles. The summed E-state index contributed by atoms with van der Waals surface area (Å²) < 4.78 is 0. The van der Waals surface area contributed by atoms with Gasteiger partial charge in [-0.1, -0.05) is 0 Å². The Kier molecular flexibility index (Phi) is 99.3. The van der Waals surface area contributed by atoms with Gasteiger partial charge < -0.3 is 49.5 Å². The average Bonchev–Trinajstić information content (AvgIpc) is 2.61. The van der Waals surface area contributed by atoms with Gasteiger partial charge in [0.25, 0.3) is 0 Å². The van der Waals surface area contributed by atoms with Crippen molar-refractivity contribution < 1.29 is 68.1 Å². The molecular formula is C15H25O10V. The molecule has 0 aromatic rings. The van der Waals surface area contributed by atoms with Crippen LogP contribution in [0, 0.1) is 0 Å². The summed E-state index contributed by atoms with van der Waals surface area (Å²) in [5, 5.41) is 46.5. The first kappa shape index (κ1) is 39.7. The summed E-state index contributed by atoms with van der Waals surface area (Å²) in [5.41, 5.74) is 0. The van der Waals surface area contributed by atoms with E-state index in [1.165, 1.54) is 0 Å². The molecule has 0 aromatic carbocycles. The molecule has 0 atom stereocenters. The van der Waals surface area contributed by atoms with E-state index in [9.17, 15) is 49.5 Å². The van der Waals surface area contributed by atoms with Gasteiger partial charge in [-0.05, 0) is 32.1 Å². The normalized spacial score (nSPS) is 7.12. The summed E-state index contributed by atoms with van der Waals surface area (Å²) in [7, 11) is 0. The van der Waals surface area contributed by atoms with Crippen LogP contribution in [0.25, 0.3) is 0 Å². The van der Waals surface area contributed by atoms with E-state index < -0.39 is 0 Å². The van der Waals surface area contributed by atoms with Crippen LogP contribution in [-0.2, 0) is 42.5 Å². The maximum atomic E-state index is 9.30. The largest absolute Gasteiger partial charge is 5.00 e. The van der Waals surface area contributed by atoms with Crippen molar-refractivity contribution in [3.05, 3.63) is 0 Å². The zero-order chi connectivity index (χ0) is 20.6. The van der Waals surface area contributed by atoms with E-state index >= 15 is 0 Å². The quantitative estimate of drug-likeness (QED) is 0.310. The van der Waals surface area contributed by atoms with Gasteiger partial charge in [-0.15, -0.1) is 33.0 Å². The van der Waals surface area contributed by atoms with Crippen LogP contribution >= 0.6 is 0 Å². The molecule has 0 spiro atoms. The van der Waals surface area contributed by atoms with Crippen LogP contribution in [0.15, 0.2) is 0 Å². The van der Waals surface area contributed by atoms with Crippen molar-refractivity contribution in [2.24, 2.45) is 0 Å². The Balaban J connectivity index is -0.0000000476. The average molecular weight is 416 g/mol. The molecule has 0 N–H and O–H groups in total. The molecule has 0 aliphatic rings. The second-order valence-electron chi connectivity index (χ2n) is 3.30. The van der Waals surface area contributed by atoms with Crippen LogP contribution in [0.3, 0.4) is 0 Å². The minimum absolute atomic E-state index is 0. The van der Waals surface area contributed by atoms with Gasteiger partial charge in [0.05, 0.1) is 0 Å². The van der Waals surface area contributed by atoms with Crippen molar-refractivity contribution in [1.29, 1.82) is 0 Å². The Morgan fingerprint density at radius 3 is 0.500 bits per heavy atom. The Hall–Kier alpha value is -1.27. The third-order valence-electron chi connectivity index (χ3n) is 1.18. The topological polar surface area (TPSA) is 201 Å². The van der Waals surface area contributed by atoms with E-state index in [2.05, 4.69) is 0 Å². The molecule has 0 amide bonds. The van der Waals surface area contributed by atoms with Gasteiger partial charge in [0.15, 0.2) is 0 Å². The van der Waals surface area contributed by atoms with E-state index in [1.807, 2.05) is 0 Å². The van der Waals surface area contributed by atoms with Crippen molar-refractivity contribution in [1.82, 2.24) is 0 Å². The number of aldehydes is 5. The zero-order valence-corrected chi connectivity index (χ0v) is 15.9. The van der Waals surface area contributed by atoms with E-state index in [0.29, 0.717) is 31.4 Å². The first-order valence-corrected chi connectivity index (χ1v) is 7.16. The van der Waals surface area contributed by atoms with Gasteiger partial charge in [-0.2, -0.15) is 0 Å². The third kappa shape index (κ3) is 141. The van der Waals surface area contributed by atoms with Gasteiger partial charge in [-0.3, -0.25) is 0 Å². The molecule has 0 saturated heterocycles. The monoisotopic (exact) mass is 416 g/mol. The molecule has 0 saturated carbocycles. The molecule has 0 radical (unpaired) electrons. The molecule has 0 bridgehead atoms. The minimum Gasteiger partial charge on any atom is -0.854 e. The van der Waals surface area contributed by atoms with Crippen molar-refractivity contribution in [2.75, 3.05) is 33.0 Å². The van der Waals surface area contributed by atoms with E-state index in [0.717, 1.165) is 0 Å². The van der Waals surface area contributed by atoms with Crippen molar-refractivity contribution >= 4 is 31.4 Å². The van der Waals surface area contributed by atoms with E-state index in [4.69, 9.17) is 0 Å². The van der Waals surface area contributed by atoms with Gasteiger partial charge in [0.1, 0.15) is 31.4 Å². The smallest absolute Gasteiger partial charge is 0.854 e. The zero-order valence-electron chi connectivity index (χ0n) is 14.5. The van der Waals surface area contributed by atoms with Crippen LogP contribution in [0.2, 0.25) is 0 Å². The van der Waals surface area contributed by atoms with Crippen molar-refractivity contribution in [2.45, 2.75) is 32.1 Å². The first-order valence-electron chi connectivity index (χ1n) is 7.16. The molecule has 0 unspecified atom stereocenters. The molecule has 150 valence electrons. The molecule has 0 rings (SSSR count). The summed E-state index contributed by atoms with van der Waals surface area (Å²) in [6, 6.07) is 0. The molecule has 10 nitrogen and oxygen atoms in total. The molecule has 0 aliphatic carbocycles. The molecule has 26 heavy (non-hydrogen) atoms. The fraction of sp³-hybridized carbons (Fsp3) is 0.667. The molecule has 0 aliphatic heterocycles. The van der Waals surface area contributed by atoms with Gasteiger partial charge in [-0.25, -0.2) is 0 Å². The van der Waals surface area contributed by atoms with E-state index in [-0.39, 0.29) is 83.7 Å². The van der Waals surface area contributed by atoms with Crippen LogP contribution in [0.1, 0.15) is 32.1 Å². The third-order valence-corrected chi connectivity index (χ3v) is 1.18. The second-order valence-corrected chi connectivity index (χ2v) is 3.30. The SMILES string of the molecule is O=CCC[O-].O=CCC[O-].O=CCC[O-].O=CCC[O-].O=CCC[O-].[V+5]. The van der Waals surface area contributed by atoms with E-state index in [1.54, 1.807) is 0 Å². The molecule has 0 fully saturated rings. The van der Waals surface area contributed by atoms with Crippen LogP contribution in [0.5, 0.6) is 0 Å². The standard InChI is InChI=1S/5C3H5O2.V/c5*4-2-1-3-5;/h5*2H,1,3H2;/q5*-1;+5. The van der Waals surface area contributed by atoms with Crippen LogP contribution < -0.4 is 25.5 Å². The van der Waals surface area contributed by atoms with Crippen LogP contribution in [0.4, 0.5) is 0 Å². The predicted octanol–water partition coefficient (Wildman–Crippen LogP) is -5.32. The fourth-order valence-corrected chi connectivity index (χ4v) is 0.241. The van der Waals surface area contributed by atoms with Gasteiger partial charge in [0.2, 0.25) is 0 Å². The molecule has 0 aromatic heterocycles. The predicted molar refractivity (Wildman–Crippen MR) is 77.7 cm³/mol. The fourth-order valence-electron chi connectivity index (χ4n) is 0.241.